The Labute approximate surface area is 154 Å². The van der Waals surface area contributed by atoms with Crippen LogP contribution in [0.25, 0.3) is 0 Å². The van der Waals surface area contributed by atoms with Crippen molar-refractivity contribution in [2.24, 2.45) is 0 Å². The molecule has 0 saturated heterocycles. The number of ketones is 2. The summed E-state index contributed by atoms with van der Waals surface area (Å²) in [6.45, 7) is 4.63. The monoisotopic (exact) mass is 364 g/mol. The molecule has 5 heteroatoms. The summed E-state index contributed by atoms with van der Waals surface area (Å²) >= 11 is 5.70. The van der Waals surface area contributed by atoms with E-state index >= 15 is 0 Å². The smallest absolute Gasteiger partial charge is 0.137 e. The number of rotatable bonds is 4. The fourth-order valence-electron chi connectivity index (χ4n) is 1.73. The van der Waals surface area contributed by atoms with Crippen LogP contribution >= 0.6 is 11.6 Å². The summed E-state index contributed by atoms with van der Waals surface area (Å²) in [4.78, 5) is 20.3. The molecule has 25 heavy (non-hydrogen) atoms. The van der Waals surface area contributed by atoms with E-state index in [-0.39, 0.29) is 11.6 Å². The molecule has 0 radical (unpaired) electrons. The van der Waals surface area contributed by atoms with Gasteiger partial charge in [0.25, 0.3) is 0 Å². The minimum atomic E-state index is 0.152. The summed E-state index contributed by atoms with van der Waals surface area (Å²) in [5.74, 6) is 1.83. The summed E-state index contributed by atoms with van der Waals surface area (Å²) in [5.41, 5.74) is 0.951. The van der Waals surface area contributed by atoms with Crippen LogP contribution in [-0.4, -0.2) is 25.8 Å². The average molecular weight is 365 g/mol. The van der Waals surface area contributed by atoms with Crippen molar-refractivity contribution in [1.82, 2.24) is 0 Å². The number of para-hydroxylation sites is 2. The van der Waals surface area contributed by atoms with Crippen molar-refractivity contribution in [1.29, 1.82) is 0 Å². The minimum absolute atomic E-state index is 0.152. The molecule has 0 aliphatic rings. The lowest BCUT2D eigenvalue weighted by atomic mass is 10.1. The van der Waals surface area contributed by atoms with Gasteiger partial charge in [0.2, 0.25) is 0 Å². The molecule has 0 aromatic heterocycles. The van der Waals surface area contributed by atoms with Crippen LogP contribution in [0, 0.1) is 0 Å². The third kappa shape index (κ3) is 11.0. The van der Waals surface area contributed by atoms with Crippen LogP contribution in [0.2, 0.25) is 5.02 Å². The van der Waals surface area contributed by atoms with Crippen molar-refractivity contribution in [3.05, 3.63) is 59.1 Å². The summed E-state index contributed by atoms with van der Waals surface area (Å²) in [6, 6.07) is 14.9. The van der Waals surface area contributed by atoms with Gasteiger partial charge in [0.1, 0.15) is 23.1 Å². The van der Waals surface area contributed by atoms with Gasteiger partial charge in [0.15, 0.2) is 0 Å². The Bertz CT molecular complexity index is 664. The second-order valence-corrected chi connectivity index (χ2v) is 5.64. The van der Waals surface area contributed by atoms with Crippen LogP contribution in [0.5, 0.6) is 11.5 Å². The molecule has 0 amide bonds. The zero-order valence-electron chi connectivity index (χ0n) is 15.3. The molecule has 0 saturated carbocycles. The van der Waals surface area contributed by atoms with Crippen LogP contribution in [0.3, 0.4) is 0 Å². The maximum atomic E-state index is 10.8. The molecule has 0 atom stereocenters. The molecule has 2 aromatic rings. The van der Waals surface area contributed by atoms with E-state index in [1.165, 1.54) is 13.8 Å². The van der Waals surface area contributed by atoms with E-state index in [1.54, 1.807) is 27.2 Å². The van der Waals surface area contributed by atoms with Gasteiger partial charge in [0.05, 0.1) is 19.2 Å². The summed E-state index contributed by atoms with van der Waals surface area (Å²) in [7, 11) is 3.21. The van der Waals surface area contributed by atoms with Gasteiger partial charge in [-0.05, 0) is 39.0 Å². The Kier molecular flexibility index (Phi) is 11.8. The lowest BCUT2D eigenvalue weighted by molar-refractivity contribution is -0.116. The van der Waals surface area contributed by atoms with Gasteiger partial charge in [-0.25, -0.2) is 0 Å². The van der Waals surface area contributed by atoms with Crippen LogP contribution in [0.15, 0.2) is 48.5 Å². The summed E-state index contributed by atoms with van der Waals surface area (Å²) < 4.78 is 10.0. The normalized spacial score (nSPS) is 8.88. The van der Waals surface area contributed by atoms with Crippen molar-refractivity contribution in [3.63, 3.8) is 0 Å². The zero-order chi connectivity index (χ0) is 19.2. The highest BCUT2D eigenvalue weighted by Crippen LogP contribution is 2.21. The Morgan fingerprint density at radius 2 is 1.28 bits per heavy atom. The Balaban J connectivity index is 0.000000391. The quantitative estimate of drug-likeness (QED) is 0.784. The molecule has 0 heterocycles. The number of methoxy groups -OCH3 is 2. The standard InChI is InChI=1S/C10H12O2.C7H7ClO.C3H6O/c1-8(11)7-9-5-3-4-6-10(9)12-2;1-9-7-5-3-2-4-6(7)8;1-3(2)4/h3-6H,7H2,1-2H3;2-5H,1H3;1-2H3. The minimum Gasteiger partial charge on any atom is -0.496 e. The number of hydrogen-bond donors (Lipinski definition) is 0. The van der Waals surface area contributed by atoms with Crippen molar-refractivity contribution in [2.45, 2.75) is 27.2 Å². The second kappa shape index (κ2) is 13.0. The summed E-state index contributed by atoms with van der Waals surface area (Å²) in [5, 5.41) is 0.653. The topological polar surface area (TPSA) is 52.6 Å². The number of carbonyl (C=O) groups excluding carboxylic acids is 2. The Hall–Kier alpha value is -2.33. The first-order chi connectivity index (χ1) is 11.8. The lowest BCUT2D eigenvalue weighted by Gasteiger charge is -2.05. The maximum Gasteiger partial charge on any atom is 0.137 e. The fraction of sp³-hybridized carbons (Fsp3) is 0.300. The van der Waals surface area contributed by atoms with Crippen LogP contribution in [-0.2, 0) is 16.0 Å². The highest BCUT2D eigenvalue weighted by Gasteiger charge is 2.02. The first-order valence-corrected chi connectivity index (χ1v) is 8.06. The van der Waals surface area contributed by atoms with Crippen molar-refractivity contribution in [2.75, 3.05) is 14.2 Å². The van der Waals surface area contributed by atoms with Gasteiger partial charge < -0.3 is 14.3 Å². The van der Waals surface area contributed by atoms with E-state index in [0.29, 0.717) is 11.4 Å². The molecule has 4 nitrogen and oxygen atoms in total. The van der Waals surface area contributed by atoms with E-state index in [0.717, 1.165) is 17.1 Å². The second-order valence-electron chi connectivity index (χ2n) is 5.23. The summed E-state index contributed by atoms with van der Waals surface area (Å²) in [6.07, 6.45) is 0.448. The number of Topliss-reactive ketones (excluding diaryl/α,β-unsaturated/α-hetero) is 2. The lowest BCUT2D eigenvalue weighted by Crippen LogP contribution is -1.98. The fourth-order valence-corrected chi connectivity index (χ4v) is 1.94. The maximum absolute atomic E-state index is 10.8. The average Bonchev–Trinajstić information content (AvgIpc) is 2.55. The van der Waals surface area contributed by atoms with E-state index in [4.69, 9.17) is 21.1 Å². The highest BCUT2D eigenvalue weighted by molar-refractivity contribution is 6.32. The number of halogens is 1. The molecular formula is C20H25ClO4. The SMILES string of the molecule is CC(C)=O.COc1ccccc1CC(C)=O.COc1ccccc1Cl. The molecule has 0 aliphatic carbocycles. The van der Waals surface area contributed by atoms with Gasteiger partial charge in [-0.1, -0.05) is 41.9 Å². The first-order valence-electron chi connectivity index (χ1n) is 7.68. The molecule has 2 aromatic carbocycles. The zero-order valence-corrected chi connectivity index (χ0v) is 16.1. The molecule has 2 rings (SSSR count). The van der Waals surface area contributed by atoms with Crippen molar-refractivity contribution in [3.8, 4) is 11.5 Å². The molecule has 0 unspecified atom stereocenters. The van der Waals surface area contributed by atoms with Crippen molar-refractivity contribution < 1.29 is 19.1 Å². The van der Waals surface area contributed by atoms with Gasteiger partial charge in [-0.3, -0.25) is 4.79 Å². The third-order valence-corrected chi connectivity index (χ3v) is 3.00. The van der Waals surface area contributed by atoms with Gasteiger partial charge >= 0.3 is 0 Å². The van der Waals surface area contributed by atoms with Crippen LogP contribution in [0.1, 0.15) is 26.3 Å². The third-order valence-electron chi connectivity index (χ3n) is 2.69. The van der Waals surface area contributed by atoms with Gasteiger partial charge in [0, 0.05) is 12.0 Å². The Morgan fingerprint density at radius 1 is 0.840 bits per heavy atom. The molecular weight excluding hydrogens is 340 g/mol. The number of hydrogen-bond acceptors (Lipinski definition) is 4. The predicted molar refractivity (Wildman–Crippen MR) is 102 cm³/mol. The predicted octanol–water partition coefficient (Wildman–Crippen LogP) is 4.77. The number of benzene rings is 2. The van der Waals surface area contributed by atoms with E-state index < -0.39 is 0 Å². The molecule has 136 valence electrons. The van der Waals surface area contributed by atoms with Crippen molar-refractivity contribution >= 4 is 23.2 Å². The van der Waals surface area contributed by atoms with Crippen LogP contribution in [0.4, 0.5) is 0 Å². The van der Waals surface area contributed by atoms with Crippen LogP contribution < -0.4 is 9.47 Å². The molecule has 0 spiro atoms. The Morgan fingerprint density at radius 3 is 1.68 bits per heavy atom. The largest absolute Gasteiger partial charge is 0.496 e. The first kappa shape index (κ1) is 22.7. The van der Waals surface area contributed by atoms with E-state index in [1.807, 2.05) is 42.5 Å². The van der Waals surface area contributed by atoms with Gasteiger partial charge in [-0.2, -0.15) is 0 Å². The molecule has 0 bridgehead atoms. The molecule has 0 fully saturated rings. The molecule has 0 N–H and O–H groups in total. The van der Waals surface area contributed by atoms with Gasteiger partial charge in [-0.15, -0.1) is 0 Å². The van der Waals surface area contributed by atoms with E-state index in [2.05, 4.69) is 0 Å². The van der Waals surface area contributed by atoms with E-state index in [9.17, 15) is 9.59 Å². The molecule has 0 aliphatic heterocycles. The number of carbonyl (C=O) groups is 2. The number of ether oxygens (including phenoxy) is 2. The highest BCUT2D eigenvalue weighted by atomic mass is 35.5.